The van der Waals surface area contributed by atoms with Crippen LogP contribution in [0.4, 0.5) is 18.9 Å². The van der Waals surface area contributed by atoms with E-state index in [0.29, 0.717) is 5.69 Å². The van der Waals surface area contributed by atoms with Gasteiger partial charge >= 0.3 is 6.18 Å². The molecule has 0 aliphatic carbocycles. The van der Waals surface area contributed by atoms with E-state index in [-0.39, 0.29) is 5.02 Å². The Morgan fingerprint density at radius 1 is 0.955 bits per heavy atom. The molecule has 0 aromatic heterocycles. The second-order valence-electron chi connectivity index (χ2n) is 5.59. The number of anilines is 1. The highest BCUT2D eigenvalue weighted by Gasteiger charge is 2.30. The van der Waals surface area contributed by atoms with Gasteiger partial charge in [0.15, 0.2) is 0 Å². The van der Waals surface area contributed by atoms with Crippen molar-refractivity contribution in [1.82, 2.24) is 0 Å². The highest BCUT2D eigenvalue weighted by molar-refractivity contribution is 6.33. The number of hydrogen-bond donors (Lipinski definition) is 1. The summed E-state index contributed by atoms with van der Waals surface area (Å²) in [5, 5.41) is 3.22. The lowest BCUT2D eigenvalue weighted by molar-refractivity contribution is -0.137. The van der Waals surface area contributed by atoms with E-state index < -0.39 is 11.7 Å². The largest absolute Gasteiger partial charge is 0.416 e. The zero-order valence-electron chi connectivity index (χ0n) is 13.1. The first-order valence-corrected chi connectivity index (χ1v) is 8.43. The third-order valence-corrected chi connectivity index (χ3v) is 3.95. The number of unbranched alkanes of at least 4 members (excludes halogenated alkanes) is 7. The molecule has 1 nitrogen and oxygen atoms in total. The summed E-state index contributed by atoms with van der Waals surface area (Å²) in [6, 6.07) is 3.43. The monoisotopic (exact) mass is 335 g/mol. The molecule has 0 aliphatic heterocycles. The van der Waals surface area contributed by atoms with Crippen molar-refractivity contribution in [2.24, 2.45) is 0 Å². The summed E-state index contributed by atoms with van der Waals surface area (Å²) >= 11 is 5.88. The maximum atomic E-state index is 12.5. The molecule has 5 heteroatoms. The second-order valence-corrected chi connectivity index (χ2v) is 6.00. The molecule has 0 atom stereocenters. The third kappa shape index (κ3) is 7.39. The Balaban J connectivity index is 2.20. The molecule has 0 fully saturated rings. The van der Waals surface area contributed by atoms with Gasteiger partial charge in [-0.05, 0) is 24.6 Å². The van der Waals surface area contributed by atoms with Crippen LogP contribution in [0.1, 0.15) is 63.9 Å². The zero-order chi connectivity index (χ0) is 16.4. The highest BCUT2D eigenvalue weighted by Crippen LogP contribution is 2.33. The van der Waals surface area contributed by atoms with Crippen LogP contribution in [-0.4, -0.2) is 6.54 Å². The van der Waals surface area contributed by atoms with E-state index in [2.05, 4.69) is 12.2 Å². The van der Waals surface area contributed by atoms with Crippen molar-refractivity contribution in [2.75, 3.05) is 11.9 Å². The Kier molecular flexibility index (Phi) is 8.69. The van der Waals surface area contributed by atoms with E-state index in [4.69, 9.17) is 11.6 Å². The topological polar surface area (TPSA) is 12.0 Å². The van der Waals surface area contributed by atoms with Crippen LogP contribution in [0.15, 0.2) is 18.2 Å². The molecule has 0 saturated heterocycles. The molecule has 1 N–H and O–H groups in total. The SMILES string of the molecule is CCCCCCCCCCNc1ccc(C(F)(F)F)cc1Cl. The van der Waals surface area contributed by atoms with Crippen LogP contribution in [-0.2, 0) is 6.18 Å². The Hall–Kier alpha value is -0.900. The first-order valence-electron chi connectivity index (χ1n) is 8.05. The molecule has 0 saturated carbocycles. The minimum absolute atomic E-state index is 0.120. The van der Waals surface area contributed by atoms with Gasteiger partial charge in [0.1, 0.15) is 0 Å². The average molecular weight is 336 g/mol. The summed E-state index contributed by atoms with van der Waals surface area (Å²) < 4.78 is 37.6. The first-order chi connectivity index (χ1) is 10.4. The van der Waals surface area contributed by atoms with Gasteiger partial charge in [-0.15, -0.1) is 0 Å². The average Bonchev–Trinajstić information content (AvgIpc) is 2.46. The van der Waals surface area contributed by atoms with E-state index in [1.807, 2.05) is 0 Å². The fourth-order valence-corrected chi connectivity index (χ4v) is 2.56. The third-order valence-electron chi connectivity index (χ3n) is 3.64. The molecule has 126 valence electrons. The maximum Gasteiger partial charge on any atom is 0.416 e. The van der Waals surface area contributed by atoms with E-state index >= 15 is 0 Å². The molecule has 0 amide bonds. The summed E-state index contributed by atoms with van der Waals surface area (Å²) in [7, 11) is 0. The molecule has 0 aliphatic rings. The molecule has 0 unspecified atom stereocenters. The number of halogens is 4. The van der Waals surface area contributed by atoms with Crippen molar-refractivity contribution in [2.45, 2.75) is 64.5 Å². The van der Waals surface area contributed by atoms with Crippen molar-refractivity contribution >= 4 is 17.3 Å². The van der Waals surface area contributed by atoms with Gasteiger partial charge in [0.2, 0.25) is 0 Å². The predicted octanol–water partition coefficient (Wildman–Crippen LogP) is 6.91. The van der Waals surface area contributed by atoms with Crippen molar-refractivity contribution in [3.8, 4) is 0 Å². The molecule has 0 heterocycles. The molecular formula is C17H25ClF3N. The Morgan fingerprint density at radius 3 is 2.09 bits per heavy atom. The van der Waals surface area contributed by atoms with Gasteiger partial charge in [0, 0.05) is 6.54 Å². The summed E-state index contributed by atoms with van der Waals surface area (Å²) in [5.74, 6) is 0. The second kappa shape index (κ2) is 9.98. The van der Waals surface area contributed by atoms with Gasteiger partial charge in [-0.2, -0.15) is 13.2 Å². The van der Waals surface area contributed by atoms with Crippen molar-refractivity contribution in [3.05, 3.63) is 28.8 Å². The molecule has 1 rings (SSSR count). The smallest absolute Gasteiger partial charge is 0.384 e. The fourth-order valence-electron chi connectivity index (χ4n) is 2.32. The lowest BCUT2D eigenvalue weighted by atomic mass is 10.1. The molecule has 1 aromatic carbocycles. The summed E-state index contributed by atoms with van der Waals surface area (Å²) in [6.45, 7) is 2.94. The number of alkyl halides is 3. The summed E-state index contributed by atoms with van der Waals surface area (Å²) in [4.78, 5) is 0. The molecule has 0 bridgehead atoms. The van der Waals surface area contributed by atoms with E-state index in [9.17, 15) is 13.2 Å². The lowest BCUT2D eigenvalue weighted by Crippen LogP contribution is -2.06. The van der Waals surface area contributed by atoms with Crippen LogP contribution in [0.5, 0.6) is 0 Å². The minimum atomic E-state index is -4.35. The Labute approximate surface area is 136 Å². The van der Waals surface area contributed by atoms with Gasteiger partial charge < -0.3 is 5.32 Å². The zero-order valence-corrected chi connectivity index (χ0v) is 13.9. The predicted molar refractivity (Wildman–Crippen MR) is 87.6 cm³/mol. The van der Waals surface area contributed by atoms with Gasteiger partial charge in [0.05, 0.1) is 16.3 Å². The van der Waals surface area contributed by atoms with E-state index in [1.165, 1.54) is 44.6 Å². The Bertz CT molecular complexity index is 432. The van der Waals surface area contributed by atoms with Crippen molar-refractivity contribution < 1.29 is 13.2 Å². The normalized spacial score (nSPS) is 11.7. The van der Waals surface area contributed by atoms with Crippen molar-refractivity contribution in [1.29, 1.82) is 0 Å². The number of nitrogens with one attached hydrogen (secondary N) is 1. The molecule has 22 heavy (non-hydrogen) atoms. The molecule has 0 spiro atoms. The van der Waals surface area contributed by atoms with Crippen molar-refractivity contribution in [3.63, 3.8) is 0 Å². The van der Waals surface area contributed by atoms with Crippen LogP contribution >= 0.6 is 11.6 Å². The molecule has 1 aromatic rings. The molecular weight excluding hydrogens is 311 g/mol. The quantitative estimate of drug-likeness (QED) is 0.458. The van der Waals surface area contributed by atoms with Gasteiger partial charge in [-0.3, -0.25) is 0 Å². The fraction of sp³-hybridized carbons (Fsp3) is 0.647. The van der Waals surface area contributed by atoms with Crippen LogP contribution in [0, 0.1) is 0 Å². The summed E-state index contributed by atoms with van der Waals surface area (Å²) in [5.41, 5.74) is -0.146. The standard InChI is InChI=1S/C17H25ClF3N/c1-2-3-4-5-6-7-8-9-12-22-16-11-10-14(13-15(16)18)17(19,20)21/h10-11,13,22H,2-9,12H2,1H3. The van der Waals surface area contributed by atoms with Crippen LogP contribution in [0.3, 0.4) is 0 Å². The minimum Gasteiger partial charge on any atom is -0.384 e. The van der Waals surface area contributed by atoms with Crippen LogP contribution in [0.25, 0.3) is 0 Å². The van der Waals surface area contributed by atoms with Gasteiger partial charge in [-0.25, -0.2) is 0 Å². The molecule has 0 radical (unpaired) electrons. The number of benzene rings is 1. The van der Waals surface area contributed by atoms with Gasteiger partial charge in [0.25, 0.3) is 0 Å². The Morgan fingerprint density at radius 2 is 1.55 bits per heavy atom. The first kappa shape index (κ1) is 19.1. The maximum absolute atomic E-state index is 12.5. The number of hydrogen-bond acceptors (Lipinski definition) is 1. The van der Waals surface area contributed by atoms with E-state index in [1.54, 1.807) is 0 Å². The lowest BCUT2D eigenvalue weighted by Gasteiger charge is -2.11. The van der Waals surface area contributed by atoms with E-state index in [0.717, 1.165) is 31.5 Å². The van der Waals surface area contributed by atoms with Gasteiger partial charge in [-0.1, -0.05) is 63.5 Å². The summed E-state index contributed by atoms with van der Waals surface area (Å²) in [6.07, 6.45) is 5.46. The van der Waals surface area contributed by atoms with Crippen LogP contribution < -0.4 is 5.32 Å². The highest BCUT2D eigenvalue weighted by atomic mass is 35.5. The number of rotatable bonds is 10. The van der Waals surface area contributed by atoms with Crippen LogP contribution in [0.2, 0.25) is 5.02 Å².